The van der Waals surface area contributed by atoms with Crippen molar-refractivity contribution in [3.8, 4) is 0 Å². The van der Waals surface area contributed by atoms with E-state index >= 15 is 0 Å². The minimum absolute atomic E-state index is 0.484. The number of nitrogens with zero attached hydrogens (tertiary/aromatic N) is 1. The van der Waals surface area contributed by atoms with Crippen molar-refractivity contribution in [3.05, 3.63) is 54.1 Å². The van der Waals surface area contributed by atoms with Crippen LogP contribution in [0.4, 0.5) is 4.79 Å². The van der Waals surface area contributed by atoms with Crippen molar-refractivity contribution in [2.75, 3.05) is 13.1 Å². The molecule has 1 N–H and O–H groups in total. The highest BCUT2D eigenvalue weighted by atomic mass is 16.4. The lowest BCUT2D eigenvalue weighted by atomic mass is 9.97. The molecule has 0 radical (unpaired) electrons. The smallest absolute Gasteiger partial charge is 0.407 e. The van der Waals surface area contributed by atoms with Crippen LogP contribution in [-0.4, -0.2) is 29.2 Å². The third kappa shape index (κ3) is 2.32. The Labute approximate surface area is 111 Å². The summed E-state index contributed by atoms with van der Waals surface area (Å²) in [6, 6.07) is 14.7. The van der Waals surface area contributed by atoms with E-state index in [2.05, 4.69) is 30.3 Å². The van der Waals surface area contributed by atoms with Gasteiger partial charge in [0.05, 0.1) is 0 Å². The van der Waals surface area contributed by atoms with Gasteiger partial charge in [-0.1, -0.05) is 42.5 Å². The SMILES string of the molecule is O=C(O)N1CC=C(c2ccc3ccccc3c2)CC1. The fourth-order valence-electron chi connectivity index (χ4n) is 2.49. The van der Waals surface area contributed by atoms with Crippen LogP contribution in [0.2, 0.25) is 0 Å². The van der Waals surface area contributed by atoms with E-state index in [1.54, 1.807) is 0 Å². The molecule has 3 nitrogen and oxygen atoms in total. The first-order valence-electron chi connectivity index (χ1n) is 6.40. The van der Waals surface area contributed by atoms with Crippen LogP contribution in [0.5, 0.6) is 0 Å². The molecule has 0 atom stereocenters. The van der Waals surface area contributed by atoms with Crippen molar-refractivity contribution in [1.29, 1.82) is 0 Å². The lowest BCUT2D eigenvalue weighted by Crippen LogP contribution is -2.33. The Kier molecular flexibility index (Phi) is 2.95. The maximum Gasteiger partial charge on any atom is 0.407 e. The molecule has 0 aromatic heterocycles. The van der Waals surface area contributed by atoms with Crippen LogP contribution in [0, 0.1) is 0 Å². The van der Waals surface area contributed by atoms with Crippen LogP contribution in [0.25, 0.3) is 16.3 Å². The maximum atomic E-state index is 10.9. The average Bonchev–Trinajstić information content (AvgIpc) is 2.47. The summed E-state index contributed by atoms with van der Waals surface area (Å²) in [5, 5.41) is 11.4. The summed E-state index contributed by atoms with van der Waals surface area (Å²) in [6.45, 7) is 1.06. The summed E-state index contributed by atoms with van der Waals surface area (Å²) in [4.78, 5) is 12.3. The molecule has 1 amide bonds. The zero-order valence-corrected chi connectivity index (χ0v) is 10.5. The fourth-order valence-corrected chi connectivity index (χ4v) is 2.49. The topological polar surface area (TPSA) is 40.5 Å². The molecular weight excluding hydrogens is 238 g/mol. The van der Waals surface area contributed by atoms with Crippen LogP contribution >= 0.6 is 0 Å². The Morgan fingerprint density at radius 3 is 2.58 bits per heavy atom. The third-order valence-corrected chi connectivity index (χ3v) is 3.60. The zero-order valence-electron chi connectivity index (χ0n) is 10.5. The second-order valence-corrected chi connectivity index (χ2v) is 4.77. The highest BCUT2D eigenvalue weighted by Gasteiger charge is 2.16. The van der Waals surface area contributed by atoms with Gasteiger partial charge in [0, 0.05) is 13.1 Å². The van der Waals surface area contributed by atoms with E-state index in [-0.39, 0.29) is 0 Å². The molecule has 1 aliphatic rings. The Morgan fingerprint density at radius 1 is 1.11 bits per heavy atom. The largest absolute Gasteiger partial charge is 0.465 e. The van der Waals surface area contributed by atoms with E-state index in [1.807, 2.05) is 18.2 Å². The Morgan fingerprint density at radius 2 is 1.89 bits per heavy atom. The number of amides is 1. The van der Waals surface area contributed by atoms with Gasteiger partial charge in [-0.3, -0.25) is 0 Å². The summed E-state index contributed by atoms with van der Waals surface area (Å²) < 4.78 is 0. The summed E-state index contributed by atoms with van der Waals surface area (Å²) in [5.74, 6) is 0. The van der Waals surface area contributed by atoms with Crippen molar-refractivity contribution >= 4 is 22.4 Å². The summed E-state index contributed by atoms with van der Waals surface area (Å²) in [5.41, 5.74) is 2.44. The molecule has 3 rings (SSSR count). The van der Waals surface area contributed by atoms with Crippen LogP contribution < -0.4 is 0 Å². The third-order valence-electron chi connectivity index (χ3n) is 3.60. The van der Waals surface area contributed by atoms with Crippen LogP contribution in [0.1, 0.15) is 12.0 Å². The van der Waals surface area contributed by atoms with E-state index in [1.165, 1.54) is 26.8 Å². The molecule has 0 aliphatic carbocycles. The normalized spacial score (nSPS) is 15.4. The number of rotatable bonds is 1. The highest BCUT2D eigenvalue weighted by molar-refractivity contribution is 5.86. The molecule has 0 bridgehead atoms. The quantitative estimate of drug-likeness (QED) is 0.843. The first-order chi connectivity index (χ1) is 9.24. The molecule has 0 unspecified atom stereocenters. The number of fused-ring (bicyclic) bond motifs is 1. The second-order valence-electron chi connectivity index (χ2n) is 4.77. The minimum Gasteiger partial charge on any atom is -0.465 e. The van der Waals surface area contributed by atoms with E-state index in [0.29, 0.717) is 13.1 Å². The van der Waals surface area contributed by atoms with Gasteiger partial charge in [0.1, 0.15) is 0 Å². The molecule has 0 saturated heterocycles. The number of benzene rings is 2. The molecule has 0 fully saturated rings. The standard InChI is InChI=1S/C16H15NO2/c18-16(19)17-9-7-13(8-10-17)15-6-5-12-3-1-2-4-14(12)11-15/h1-7,11H,8-10H2,(H,18,19). The molecule has 2 aromatic carbocycles. The first kappa shape index (κ1) is 11.8. The number of carboxylic acid groups (broad SMARTS) is 1. The summed E-state index contributed by atoms with van der Waals surface area (Å²) in [6.07, 6.45) is 1.96. The van der Waals surface area contributed by atoms with Gasteiger partial charge >= 0.3 is 6.09 Å². The number of carbonyl (C=O) groups is 1. The van der Waals surface area contributed by atoms with Crippen molar-refractivity contribution in [1.82, 2.24) is 4.90 Å². The predicted molar refractivity (Wildman–Crippen MR) is 76.1 cm³/mol. The second kappa shape index (κ2) is 4.76. The van der Waals surface area contributed by atoms with Crippen molar-refractivity contribution in [3.63, 3.8) is 0 Å². The molecule has 0 spiro atoms. The van der Waals surface area contributed by atoms with Gasteiger partial charge in [0.25, 0.3) is 0 Å². The van der Waals surface area contributed by atoms with Crippen molar-refractivity contribution in [2.24, 2.45) is 0 Å². The van der Waals surface area contributed by atoms with Gasteiger partial charge < -0.3 is 10.0 Å². The Bertz CT molecular complexity index is 661. The maximum absolute atomic E-state index is 10.9. The summed E-state index contributed by atoms with van der Waals surface area (Å²) in [7, 11) is 0. The Hall–Kier alpha value is -2.29. The molecule has 3 heteroatoms. The molecule has 2 aromatic rings. The van der Waals surface area contributed by atoms with Gasteiger partial charge in [-0.05, 0) is 34.4 Å². The molecule has 1 heterocycles. The number of hydrogen-bond acceptors (Lipinski definition) is 1. The number of hydrogen-bond donors (Lipinski definition) is 1. The predicted octanol–water partition coefficient (Wildman–Crippen LogP) is 3.61. The van der Waals surface area contributed by atoms with E-state index in [0.717, 1.165) is 6.42 Å². The van der Waals surface area contributed by atoms with E-state index in [9.17, 15) is 4.79 Å². The Balaban J connectivity index is 1.91. The minimum atomic E-state index is -0.839. The fraction of sp³-hybridized carbons (Fsp3) is 0.188. The summed E-state index contributed by atoms with van der Waals surface area (Å²) >= 11 is 0. The molecular formula is C16H15NO2. The van der Waals surface area contributed by atoms with Gasteiger partial charge in [-0.15, -0.1) is 0 Å². The van der Waals surface area contributed by atoms with Crippen molar-refractivity contribution in [2.45, 2.75) is 6.42 Å². The van der Waals surface area contributed by atoms with E-state index in [4.69, 9.17) is 5.11 Å². The van der Waals surface area contributed by atoms with E-state index < -0.39 is 6.09 Å². The van der Waals surface area contributed by atoms with Crippen molar-refractivity contribution < 1.29 is 9.90 Å². The van der Waals surface area contributed by atoms with Gasteiger partial charge in [0.15, 0.2) is 0 Å². The van der Waals surface area contributed by atoms with Crippen LogP contribution in [0.3, 0.4) is 0 Å². The molecule has 0 saturated carbocycles. The van der Waals surface area contributed by atoms with Gasteiger partial charge in [0.2, 0.25) is 0 Å². The molecule has 19 heavy (non-hydrogen) atoms. The van der Waals surface area contributed by atoms with Gasteiger partial charge in [-0.25, -0.2) is 4.79 Å². The highest BCUT2D eigenvalue weighted by Crippen LogP contribution is 2.25. The molecule has 96 valence electrons. The average molecular weight is 253 g/mol. The molecule has 1 aliphatic heterocycles. The van der Waals surface area contributed by atoms with Gasteiger partial charge in [-0.2, -0.15) is 0 Å². The zero-order chi connectivity index (χ0) is 13.2. The van der Waals surface area contributed by atoms with Crippen LogP contribution in [-0.2, 0) is 0 Å². The first-order valence-corrected chi connectivity index (χ1v) is 6.40. The van der Waals surface area contributed by atoms with Crippen LogP contribution in [0.15, 0.2) is 48.5 Å². The lowest BCUT2D eigenvalue weighted by molar-refractivity contribution is 0.150. The lowest BCUT2D eigenvalue weighted by Gasteiger charge is -2.23. The monoisotopic (exact) mass is 253 g/mol.